The van der Waals surface area contributed by atoms with Gasteiger partial charge in [-0.15, -0.1) is 24.0 Å². The second-order valence-corrected chi connectivity index (χ2v) is 6.10. The van der Waals surface area contributed by atoms with E-state index in [0.29, 0.717) is 31.2 Å². The fourth-order valence-electron chi connectivity index (χ4n) is 2.53. The fraction of sp³-hybridized carbons (Fsp3) is 0.333. The summed E-state index contributed by atoms with van der Waals surface area (Å²) in [6, 6.07) is 15.4. The van der Waals surface area contributed by atoms with E-state index in [1.165, 1.54) is 0 Å². The molecule has 2 rings (SSSR count). The minimum Gasteiger partial charge on any atom is -0.497 e. The highest BCUT2D eigenvalue weighted by Crippen LogP contribution is 2.13. The highest BCUT2D eigenvalue weighted by atomic mass is 127. The summed E-state index contributed by atoms with van der Waals surface area (Å²) in [5.41, 5.74) is 2.81. The van der Waals surface area contributed by atoms with Gasteiger partial charge in [-0.1, -0.05) is 29.8 Å². The molecule has 0 saturated heterocycles. The Bertz CT molecular complexity index is 781. The van der Waals surface area contributed by atoms with Crippen LogP contribution in [0.15, 0.2) is 53.5 Å². The maximum atomic E-state index is 12.1. The Labute approximate surface area is 184 Å². The molecule has 0 aliphatic carbocycles. The Morgan fingerprint density at radius 3 is 2.50 bits per heavy atom. The van der Waals surface area contributed by atoms with Gasteiger partial charge in [-0.2, -0.15) is 0 Å². The first-order chi connectivity index (χ1) is 13.1. The Kier molecular flexibility index (Phi) is 11.0. The molecule has 2 aromatic rings. The lowest BCUT2D eigenvalue weighted by Gasteiger charge is -2.12. The zero-order valence-electron chi connectivity index (χ0n) is 16.6. The van der Waals surface area contributed by atoms with Crippen LogP contribution in [0.4, 0.5) is 0 Å². The van der Waals surface area contributed by atoms with E-state index in [2.05, 4.69) is 20.9 Å². The van der Waals surface area contributed by atoms with Crippen LogP contribution in [0.25, 0.3) is 0 Å². The number of aryl methyl sites for hydroxylation is 1. The van der Waals surface area contributed by atoms with Gasteiger partial charge in [-0.3, -0.25) is 4.79 Å². The molecule has 0 aliphatic rings. The lowest BCUT2D eigenvalue weighted by Crippen LogP contribution is -2.41. The van der Waals surface area contributed by atoms with Gasteiger partial charge in [0, 0.05) is 25.2 Å². The molecule has 0 saturated carbocycles. The first-order valence-corrected chi connectivity index (χ1v) is 9.12. The summed E-state index contributed by atoms with van der Waals surface area (Å²) in [4.78, 5) is 16.7. The monoisotopic (exact) mass is 496 g/mol. The lowest BCUT2D eigenvalue weighted by atomic mass is 10.1. The molecule has 0 unspecified atom stereocenters. The number of halogens is 1. The smallest absolute Gasteiger partial charge is 0.251 e. The number of carbonyl (C=O) groups is 1. The van der Waals surface area contributed by atoms with Gasteiger partial charge < -0.3 is 20.7 Å². The van der Waals surface area contributed by atoms with Crippen molar-refractivity contribution in [3.05, 3.63) is 65.2 Å². The van der Waals surface area contributed by atoms with Crippen molar-refractivity contribution in [2.75, 3.05) is 26.7 Å². The van der Waals surface area contributed by atoms with Gasteiger partial charge >= 0.3 is 0 Å². The van der Waals surface area contributed by atoms with Crippen LogP contribution in [0.5, 0.6) is 5.75 Å². The van der Waals surface area contributed by atoms with Gasteiger partial charge in [0.2, 0.25) is 0 Å². The Hall–Kier alpha value is -2.29. The topological polar surface area (TPSA) is 74.8 Å². The number of hydrogen-bond donors (Lipinski definition) is 3. The lowest BCUT2D eigenvalue weighted by molar-refractivity contribution is 0.0954. The molecule has 0 spiro atoms. The number of hydrogen-bond acceptors (Lipinski definition) is 3. The van der Waals surface area contributed by atoms with E-state index in [1.54, 1.807) is 7.11 Å². The van der Waals surface area contributed by atoms with Gasteiger partial charge in [0.15, 0.2) is 5.96 Å². The summed E-state index contributed by atoms with van der Waals surface area (Å²) in [7, 11) is 1.65. The van der Waals surface area contributed by atoms with Crippen LogP contribution in [0.2, 0.25) is 0 Å². The van der Waals surface area contributed by atoms with E-state index in [9.17, 15) is 4.79 Å². The summed E-state index contributed by atoms with van der Waals surface area (Å²) in [6.45, 7) is 6.39. The molecule has 152 valence electrons. The summed E-state index contributed by atoms with van der Waals surface area (Å²) < 4.78 is 5.23. The highest BCUT2D eigenvalue weighted by Gasteiger charge is 2.04. The molecule has 6 nitrogen and oxygen atoms in total. The first kappa shape index (κ1) is 23.7. The van der Waals surface area contributed by atoms with Gasteiger partial charge in [-0.25, -0.2) is 4.99 Å². The van der Waals surface area contributed by atoms with E-state index in [1.807, 2.05) is 62.4 Å². The zero-order chi connectivity index (χ0) is 19.5. The van der Waals surface area contributed by atoms with Crippen molar-refractivity contribution >= 4 is 35.8 Å². The number of ether oxygens (including phenoxy) is 1. The number of methoxy groups -OCH3 is 1. The Balaban J connectivity index is 0.00000392. The summed E-state index contributed by atoms with van der Waals surface area (Å²) in [5.74, 6) is 1.46. The minimum atomic E-state index is -0.0705. The SMILES string of the molecule is CCNC(=NCc1cccc(OC)c1)NCCNC(=O)c1cccc(C)c1.I. The van der Waals surface area contributed by atoms with Crippen molar-refractivity contribution in [1.82, 2.24) is 16.0 Å². The van der Waals surface area contributed by atoms with E-state index >= 15 is 0 Å². The standard InChI is InChI=1S/C21H28N4O2.HI/c1-4-22-21(25-15-17-8-6-10-19(14-17)27-3)24-12-11-23-20(26)18-9-5-7-16(2)13-18;/h5-10,13-14H,4,11-12,15H2,1-3H3,(H,23,26)(H2,22,24,25);1H. The number of amides is 1. The molecule has 0 aromatic heterocycles. The van der Waals surface area contributed by atoms with Gasteiger partial charge in [0.1, 0.15) is 5.75 Å². The largest absolute Gasteiger partial charge is 0.497 e. The summed E-state index contributed by atoms with van der Waals surface area (Å²) in [5, 5.41) is 9.35. The van der Waals surface area contributed by atoms with Crippen molar-refractivity contribution in [2.24, 2.45) is 4.99 Å². The molecule has 0 fully saturated rings. The molecule has 7 heteroatoms. The van der Waals surface area contributed by atoms with Crippen LogP contribution in [-0.2, 0) is 6.54 Å². The van der Waals surface area contributed by atoms with E-state index in [-0.39, 0.29) is 29.9 Å². The normalized spacial score (nSPS) is 10.6. The average molecular weight is 496 g/mol. The van der Waals surface area contributed by atoms with Crippen molar-refractivity contribution in [3.63, 3.8) is 0 Å². The quantitative estimate of drug-likeness (QED) is 0.227. The number of nitrogens with zero attached hydrogens (tertiary/aromatic N) is 1. The van der Waals surface area contributed by atoms with E-state index in [4.69, 9.17) is 4.74 Å². The molecule has 0 bridgehead atoms. The third kappa shape index (κ3) is 8.16. The molecular weight excluding hydrogens is 467 g/mol. The predicted molar refractivity (Wildman–Crippen MR) is 125 cm³/mol. The van der Waals surface area contributed by atoms with E-state index < -0.39 is 0 Å². The molecular formula is C21H29IN4O2. The molecule has 3 N–H and O–H groups in total. The molecule has 2 aromatic carbocycles. The number of rotatable bonds is 8. The second-order valence-electron chi connectivity index (χ2n) is 6.10. The van der Waals surface area contributed by atoms with E-state index in [0.717, 1.165) is 23.4 Å². The second kappa shape index (κ2) is 13.0. The average Bonchev–Trinajstić information content (AvgIpc) is 2.69. The van der Waals surface area contributed by atoms with Crippen molar-refractivity contribution < 1.29 is 9.53 Å². The molecule has 1 amide bonds. The van der Waals surface area contributed by atoms with Crippen LogP contribution in [0.1, 0.15) is 28.4 Å². The van der Waals surface area contributed by atoms with Crippen LogP contribution >= 0.6 is 24.0 Å². The molecule has 28 heavy (non-hydrogen) atoms. The molecule has 0 atom stereocenters. The van der Waals surface area contributed by atoms with Crippen molar-refractivity contribution in [2.45, 2.75) is 20.4 Å². The van der Waals surface area contributed by atoms with Crippen molar-refractivity contribution in [3.8, 4) is 5.75 Å². The maximum Gasteiger partial charge on any atom is 0.251 e. The van der Waals surface area contributed by atoms with Crippen LogP contribution < -0.4 is 20.7 Å². The van der Waals surface area contributed by atoms with Gasteiger partial charge in [0.25, 0.3) is 5.91 Å². The minimum absolute atomic E-state index is 0. The number of benzene rings is 2. The summed E-state index contributed by atoms with van der Waals surface area (Å²) >= 11 is 0. The van der Waals surface area contributed by atoms with Gasteiger partial charge in [-0.05, 0) is 43.7 Å². The number of guanidine groups is 1. The number of aliphatic imine (C=N–C) groups is 1. The molecule has 0 aliphatic heterocycles. The third-order valence-electron chi connectivity index (χ3n) is 3.88. The first-order valence-electron chi connectivity index (χ1n) is 9.12. The molecule has 0 radical (unpaired) electrons. The predicted octanol–water partition coefficient (Wildman–Crippen LogP) is 3.11. The maximum absolute atomic E-state index is 12.1. The zero-order valence-corrected chi connectivity index (χ0v) is 18.9. The third-order valence-corrected chi connectivity index (χ3v) is 3.88. The summed E-state index contributed by atoms with van der Waals surface area (Å²) in [6.07, 6.45) is 0. The number of nitrogens with one attached hydrogen (secondary N) is 3. The Morgan fingerprint density at radius 2 is 1.79 bits per heavy atom. The Morgan fingerprint density at radius 1 is 1.04 bits per heavy atom. The number of carbonyl (C=O) groups excluding carboxylic acids is 1. The van der Waals surface area contributed by atoms with Crippen LogP contribution in [0, 0.1) is 6.92 Å². The molecule has 0 heterocycles. The van der Waals surface area contributed by atoms with Gasteiger partial charge in [0.05, 0.1) is 13.7 Å². The van der Waals surface area contributed by atoms with Crippen LogP contribution in [-0.4, -0.2) is 38.6 Å². The fourth-order valence-corrected chi connectivity index (χ4v) is 2.53. The highest BCUT2D eigenvalue weighted by molar-refractivity contribution is 14.0. The van der Waals surface area contributed by atoms with Crippen molar-refractivity contribution in [1.29, 1.82) is 0 Å². The van der Waals surface area contributed by atoms with Crippen LogP contribution in [0.3, 0.4) is 0 Å².